The van der Waals surface area contributed by atoms with Crippen molar-refractivity contribution in [1.82, 2.24) is 9.88 Å². The van der Waals surface area contributed by atoms with E-state index >= 15 is 0 Å². The van der Waals surface area contributed by atoms with Gasteiger partial charge in [0.2, 0.25) is 0 Å². The summed E-state index contributed by atoms with van der Waals surface area (Å²) < 4.78 is 0. The van der Waals surface area contributed by atoms with Crippen LogP contribution < -0.4 is 5.73 Å². The quantitative estimate of drug-likeness (QED) is 0.920. The Hall–Kier alpha value is -2.36. The normalized spacial score (nSPS) is 17.1. The molecule has 2 aromatic rings. The minimum absolute atomic E-state index is 0.0586. The van der Waals surface area contributed by atoms with Gasteiger partial charge in [-0.05, 0) is 42.5 Å². The van der Waals surface area contributed by atoms with Crippen molar-refractivity contribution in [3.05, 3.63) is 59.4 Å². The summed E-state index contributed by atoms with van der Waals surface area (Å²) in [6, 6.07) is 11.9. The second-order valence-corrected chi connectivity index (χ2v) is 5.50. The fourth-order valence-corrected chi connectivity index (χ4v) is 2.98. The lowest BCUT2D eigenvalue weighted by Gasteiger charge is -2.33. The van der Waals surface area contributed by atoms with E-state index < -0.39 is 0 Å². The zero-order chi connectivity index (χ0) is 14.8. The number of anilines is 1. The minimum atomic E-state index is -0.0586. The summed E-state index contributed by atoms with van der Waals surface area (Å²) in [5.41, 5.74) is 9.23. The van der Waals surface area contributed by atoms with Gasteiger partial charge >= 0.3 is 0 Å². The number of amides is 1. The van der Waals surface area contributed by atoms with Crippen LogP contribution in [-0.4, -0.2) is 22.8 Å². The van der Waals surface area contributed by atoms with Gasteiger partial charge in [-0.3, -0.25) is 4.79 Å². The molecular weight excluding hydrogens is 262 g/mol. The first kappa shape index (κ1) is 13.6. The maximum atomic E-state index is 12.6. The number of fused-ring (bicyclic) bond motifs is 1. The fraction of sp³-hybridized carbons (Fsp3) is 0.294. The molecular formula is C17H19N3O. The number of benzene rings is 1. The van der Waals surface area contributed by atoms with Crippen molar-refractivity contribution < 1.29 is 4.79 Å². The maximum Gasteiger partial charge on any atom is 0.272 e. The van der Waals surface area contributed by atoms with Crippen molar-refractivity contribution in [2.45, 2.75) is 25.3 Å². The third-order valence-electron chi connectivity index (χ3n) is 4.13. The zero-order valence-electron chi connectivity index (χ0n) is 12.1. The lowest BCUT2D eigenvalue weighted by Crippen LogP contribution is -2.33. The van der Waals surface area contributed by atoms with Crippen LogP contribution in [-0.2, 0) is 6.42 Å². The molecule has 4 heteroatoms. The van der Waals surface area contributed by atoms with E-state index in [9.17, 15) is 4.79 Å². The number of aryl methyl sites for hydroxylation is 1. The molecule has 0 aliphatic heterocycles. The highest BCUT2D eigenvalue weighted by atomic mass is 16.2. The van der Waals surface area contributed by atoms with Gasteiger partial charge in [0.1, 0.15) is 5.69 Å². The molecule has 1 aliphatic rings. The standard InChI is InChI=1S/C17H19N3O/c1-20(17(21)15-10-9-13(18)11-19-15)16-8-4-6-12-5-2-3-7-14(12)16/h2-3,5,7,9-11,16H,4,6,8,18H2,1H3. The van der Waals surface area contributed by atoms with Crippen molar-refractivity contribution in [3.8, 4) is 0 Å². The Morgan fingerprint density at radius 1 is 1.29 bits per heavy atom. The van der Waals surface area contributed by atoms with Crippen molar-refractivity contribution in [2.24, 2.45) is 0 Å². The number of pyridine rings is 1. The summed E-state index contributed by atoms with van der Waals surface area (Å²) in [7, 11) is 1.85. The van der Waals surface area contributed by atoms with Crippen LogP contribution in [0.3, 0.4) is 0 Å². The van der Waals surface area contributed by atoms with E-state index in [0.717, 1.165) is 19.3 Å². The average Bonchev–Trinajstić information content (AvgIpc) is 2.53. The number of nitrogens with zero attached hydrogens (tertiary/aromatic N) is 2. The van der Waals surface area contributed by atoms with E-state index in [1.807, 2.05) is 13.1 Å². The summed E-state index contributed by atoms with van der Waals surface area (Å²) in [4.78, 5) is 18.5. The molecule has 0 radical (unpaired) electrons. The minimum Gasteiger partial charge on any atom is -0.397 e. The molecule has 0 spiro atoms. The summed E-state index contributed by atoms with van der Waals surface area (Å²) >= 11 is 0. The highest BCUT2D eigenvalue weighted by Gasteiger charge is 2.27. The van der Waals surface area contributed by atoms with Gasteiger partial charge in [0.15, 0.2) is 0 Å². The molecule has 2 N–H and O–H groups in total. The Bertz CT molecular complexity index is 651. The predicted molar refractivity (Wildman–Crippen MR) is 82.9 cm³/mol. The van der Waals surface area contributed by atoms with Gasteiger partial charge < -0.3 is 10.6 Å². The highest BCUT2D eigenvalue weighted by molar-refractivity contribution is 5.92. The Balaban J connectivity index is 1.87. The Labute approximate surface area is 124 Å². The van der Waals surface area contributed by atoms with Crippen molar-refractivity contribution in [3.63, 3.8) is 0 Å². The molecule has 3 rings (SSSR count). The van der Waals surface area contributed by atoms with Gasteiger partial charge in [0.05, 0.1) is 17.9 Å². The molecule has 21 heavy (non-hydrogen) atoms. The van der Waals surface area contributed by atoms with E-state index in [1.54, 1.807) is 17.0 Å². The van der Waals surface area contributed by atoms with E-state index in [2.05, 4.69) is 23.2 Å². The first-order valence-electron chi connectivity index (χ1n) is 7.23. The number of aromatic nitrogens is 1. The second-order valence-electron chi connectivity index (χ2n) is 5.50. The van der Waals surface area contributed by atoms with Crippen LogP contribution in [0.4, 0.5) is 5.69 Å². The molecule has 1 aromatic carbocycles. The van der Waals surface area contributed by atoms with Gasteiger partial charge in [-0.15, -0.1) is 0 Å². The van der Waals surface area contributed by atoms with Gasteiger partial charge in [0.25, 0.3) is 5.91 Å². The summed E-state index contributed by atoms with van der Waals surface area (Å²) in [6.45, 7) is 0. The van der Waals surface area contributed by atoms with Crippen LogP contribution in [0.1, 0.15) is 40.5 Å². The molecule has 1 atom stereocenters. The predicted octanol–water partition coefficient (Wildman–Crippen LogP) is 2.81. The van der Waals surface area contributed by atoms with E-state index in [4.69, 9.17) is 5.73 Å². The summed E-state index contributed by atoms with van der Waals surface area (Å²) in [6.07, 6.45) is 4.72. The van der Waals surface area contributed by atoms with E-state index in [-0.39, 0.29) is 11.9 Å². The molecule has 0 saturated heterocycles. The molecule has 1 unspecified atom stereocenters. The largest absolute Gasteiger partial charge is 0.397 e. The van der Waals surface area contributed by atoms with Gasteiger partial charge in [-0.2, -0.15) is 0 Å². The molecule has 1 amide bonds. The summed E-state index contributed by atoms with van der Waals surface area (Å²) in [5, 5.41) is 0. The van der Waals surface area contributed by atoms with Crippen LogP contribution in [0.15, 0.2) is 42.6 Å². The van der Waals surface area contributed by atoms with Crippen LogP contribution >= 0.6 is 0 Å². The number of nitrogen functional groups attached to an aromatic ring is 1. The molecule has 1 aliphatic carbocycles. The van der Waals surface area contributed by atoms with Crippen LogP contribution in [0.2, 0.25) is 0 Å². The molecule has 0 saturated carbocycles. The Morgan fingerprint density at radius 2 is 2.10 bits per heavy atom. The number of nitrogens with two attached hydrogens (primary N) is 1. The summed E-state index contributed by atoms with van der Waals surface area (Å²) in [5.74, 6) is -0.0586. The van der Waals surface area contributed by atoms with Crippen LogP contribution in [0.25, 0.3) is 0 Å². The first-order valence-corrected chi connectivity index (χ1v) is 7.23. The molecule has 0 bridgehead atoms. The Kier molecular flexibility index (Phi) is 3.60. The van der Waals surface area contributed by atoms with E-state index in [0.29, 0.717) is 11.4 Å². The average molecular weight is 281 g/mol. The number of carbonyl (C=O) groups is 1. The lowest BCUT2D eigenvalue weighted by molar-refractivity contribution is 0.0709. The smallest absolute Gasteiger partial charge is 0.272 e. The first-order chi connectivity index (χ1) is 10.2. The van der Waals surface area contributed by atoms with E-state index in [1.165, 1.54) is 17.3 Å². The molecule has 108 valence electrons. The maximum absolute atomic E-state index is 12.6. The fourth-order valence-electron chi connectivity index (χ4n) is 2.98. The zero-order valence-corrected chi connectivity index (χ0v) is 12.1. The van der Waals surface area contributed by atoms with Crippen molar-refractivity contribution in [1.29, 1.82) is 0 Å². The Morgan fingerprint density at radius 3 is 2.86 bits per heavy atom. The lowest BCUT2D eigenvalue weighted by atomic mass is 9.87. The van der Waals surface area contributed by atoms with Crippen LogP contribution in [0, 0.1) is 0 Å². The van der Waals surface area contributed by atoms with Crippen LogP contribution in [0.5, 0.6) is 0 Å². The SMILES string of the molecule is CN(C(=O)c1ccc(N)cn1)C1CCCc2ccccc21. The molecule has 1 aromatic heterocycles. The highest BCUT2D eigenvalue weighted by Crippen LogP contribution is 2.33. The second kappa shape index (κ2) is 5.56. The third-order valence-corrected chi connectivity index (χ3v) is 4.13. The number of hydrogen-bond donors (Lipinski definition) is 1. The molecule has 1 heterocycles. The van der Waals surface area contributed by atoms with Crippen molar-refractivity contribution in [2.75, 3.05) is 12.8 Å². The van der Waals surface area contributed by atoms with Gasteiger partial charge in [-0.25, -0.2) is 4.98 Å². The number of hydrogen-bond acceptors (Lipinski definition) is 3. The third kappa shape index (κ3) is 2.61. The molecule has 4 nitrogen and oxygen atoms in total. The van der Waals surface area contributed by atoms with Gasteiger partial charge in [0, 0.05) is 7.05 Å². The monoisotopic (exact) mass is 281 g/mol. The molecule has 0 fully saturated rings. The topological polar surface area (TPSA) is 59.2 Å². The van der Waals surface area contributed by atoms with Crippen molar-refractivity contribution >= 4 is 11.6 Å². The number of carbonyl (C=O) groups excluding carboxylic acids is 1. The van der Waals surface area contributed by atoms with Gasteiger partial charge in [-0.1, -0.05) is 24.3 Å². The number of rotatable bonds is 2.